The summed E-state index contributed by atoms with van der Waals surface area (Å²) in [6.45, 7) is 0.987. The Morgan fingerprint density at radius 1 is 0.955 bits per heavy atom. The molecule has 116 valence electrons. The van der Waals surface area contributed by atoms with Gasteiger partial charge in [-0.2, -0.15) is 8.42 Å². The molecule has 2 aromatic carbocycles. The van der Waals surface area contributed by atoms with Gasteiger partial charge in [0.15, 0.2) is 0 Å². The minimum absolute atomic E-state index is 0. The van der Waals surface area contributed by atoms with E-state index in [0.717, 1.165) is 5.39 Å². The predicted molar refractivity (Wildman–Crippen MR) is 84.3 cm³/mol. The van der Waals surface area contributed by atoms with Gasteiger partial charge in [-0.1, -0.05) is 12.1 Å². The molecule has 0 spiro atoms. The molecule has 0 amide bonds. The molecule has 0 saturated carbocycles. The molecule has 2 aromatic rings. The second-order valence-corrected chi connectivity index (χ2v) is 5.75. The van der Waals surface area contributed by atoms with Crippen LogP contribution >= 0.6 is 0 Å². The topological polar surface area (TPSA) is 93.1 Å². The van der Waals surface area contributed by atoms with Crippen LogP contribution in [0.25, 0.3) is 10.8 Å². The molecule has 2 rings (SSSR count). The third kappa shape index (κ3) is 5.51. The molecule has 6 nitrogen and oxygen atoms in total. The van der Waals surface area contributed by atoms with Crippen molar-refractivity contribution >= 4 is 50.4 Å². The van der Waals surface area contributed by atoms with Gasteiger partial charge in [-0.15, -0.1) is 0 Å². The summed E-state index contributed by atoms with van der Waals surface area (Å²) in [5.74, 6) is 0.634. The van der Waals surface area contributed by atoms with Crippen molar-refractivity contribution in [2.45, 2.75) is 4.90 Å². The van der Waals surface area contributed by atoms with E-state index < -0.39 is 10.1 Å². The van der Waals surface area contributed by atoms with Gasteiger partial charge in [0.25, 0.3) is 10.1 Å². The van der Waals surface area contributed by atoms with Gasteiger partial charge in [0.2, 0.25) is 0 Å². The van der Waals surface area contributed by atoms with Crippen LogP contribution < -0.4 is 4.74 Å². The summed E-state index contributed by atoms with van der Waals surface area (Å²) in [4.78, 5) is -0.138. The van der Waals surface area contributed by atoms with Gasteiger partial charge in [0, 0.05) is 0 Å². The molecule has 0 aliphatic carbocycles. The van der Waals surface area contributed by atoms with Gasteiger partial charge in [-0.25, -0.2) is 0 Å². The Balaban J connectivity index is 0.00000242. The summed E-state index contributed by atoms with van der Waals surface area (Å²) in [5, 5.41) is 10.0. The monoisotopic (exact) mass is 336 g/mol. The molecule has 0 radical (unpaired) electrons. The molecule has 0 aliphatic heterocycles. The molecular formula is C14H17NaO6S. The average molecular weight is 336 g/mol. The van der Waals surface area contributed by atoms with Crippen molar-refractivity contribution in [2.24, 2.45) is 0 Å². The van der Waals surface area contributed by atoms with Crippen molar-refractivity contribution in [2.75, 3.05) is 26.4 Å². The zero-order valence-electron chi connectivity index (χ0n) is 11.2. The van der Waals surface area contributed by atoms with Gasteiger partial charge in [-0.3, -0.25) is 4.55 Å². The van der Waals surface area contributed by atoms with Crippen molar-refractivity contribution in [3.63, 3.8) is 0 Å². The molecule has 0 atom stereocenters. The van der Waals surface area contributed by atoms with Crippen molar-refractivity contribution < 1.29 is 27.6 Å². The summed E-state index contributed by atoms with van der Waals surface area (Å²) in [7, 11) is -4.20. The van der Waals surface area contributed by atoms with Crippen LogP contribution in [-0.4, -0.2) is 74.1 Å². The fourth-order valence-electron chi connectivity index (χ4n) is 1.84. The Bertz CT molecular complexity index is 716. The summed E-state index contributed by atoms with van der Waals surface area (Å²) in [5.41, 5.74) is 0. The molecule has 0 bridgehead atoms. The second kappa shape index (κ2) is 8.83. The van der Waals surface area contributed by atoms with E-state index in [2.05, 4.69) is 0 Å². The van der Waals surface area contributed by atoms with Crippen LogP contribution in [0, 0.1) is 0 Å². The van der Waals surface area contributed by atoms with Crippen LogP contribution in [0.2, 0.25) is 0 Å². The number of rotatable bonds is 7. The van der Waals surface area contributed by atoms with E-state index in [0.29, 0.717) is 24.3 Å². The van der Waals surface area contributed by atoms with E-state index in [-0.39, 0.29) is 47.7 Å². The van der Waals surface area contributed by atoms with Crippen LogP contribution in [0.5, 0.6) is 5.75 Å². The Kier molecular flexibility index (Phi) is 7.78. The number of aliphatic hydroxyl groups is 1. The maximum atomic E-state index is 11.1. The number of aliphatic hydroxyl groups excluding tert-OH is 1. The number of benzene rings is 2. The van der Waals surface area contributed by atoms with E-state index in [1.807, 2.05) is 0 Å². The Hall–Kier alpha value is -0.670. The van der Waals surface area contributed by atoms with Crippen LogP contribution in [0.3, 0.4) is 0 Å². The van der Waals surface area contributed by atoms with Crippen molar-refractivity contribution in [3.8, 4) is 5.75 Å². The fraction of sp³-hybridized carbons (Fsp3) is 0.286. The number of hydrogen-bond acceptors (Lipinski definition) is 5. The minimum atomic E-state index is -4.20. The molecule has 0 heterocycles. The first-order valence-corrected chi connectivity index (χ1v) is 7.77. The Morgan fingerprint density at radius 3 is 2.32 bits per heavy atom. The standard InChI is InChI=1S/C14H16O6S.Na.H/c15-5-6-19-7-8-20-13-3-1-12-10-14(21(16,17)18)4-2-11(12)9-13;;/h1-4,9-10,15H,5-8H2,(H,16,17,18);;. The van der Waals surface area contributed by atoms with Crippen LogP contribution in [-0.2, 0) is 14.9 Å². The number of fused-ring (bicyclic) bond motifs is 1. The first kappa shape index (κ1) is 19.4. The molecule has 0 aliphatic rings. The van der Waals surface area contributed by atoms with Crippen molar-refractivity contribution in [1.29, 1.82) is 0 Å². The third-order valence-electron chi connectivity index (χ3n) is 2.81. The Morgan fingerprint density at radius 2 is 1.64 bits per heavy atom. The molecule has 8 heteroatoms. The van der Waals surface area contributed by atoms with Crippen LogP contribution in [0.1, 0.15) is 0 Å². The van der Waals surface area contributed by atoms with Gasteiger partial charge in [0.05, 0.1) is 24.7 Å². The fourth-order valence-corrected chi connectivity index (χ4v) is 2.35. The van der Waals surface area contributed by atoms with E-state index in [1.165, 1.54) is 12.1 Å². The summed E-state index contributed by atoms with van der Waals surface area (Å²) in [6.07, 6.45) is 0. The van der Waals surface area contributed by atoms with E-state index in [1.54, 1.807) is 24.3 Å². The zero-order valence-corrected chi connectivity index (χ0v) is 12.0. The molecule has 2 N–H and O–H groups in total. The van der Waals surface area contributed by atoms with Crippen molar-refractivity contribution in [3.05, 3.63) is 36.4 Å². The first-order valence-electron chi connectivity index (χ1n) is 6.33. The first-order chi connectivity index (χ1) is 10.0. The average Bonchev–Trinajstić information content (AvgIpc) is 2.45. The summed E-state index contributed by atoms with van der Waals surface area (Å²) < 4.78 is 41.7. The Labute approximate surface area is 151 Å². The number of ether oxygens (including phenoxy) is 2. The SMILES string of the molecule is O=S(=O)(O)c1ccc2cc(OCCOCCO)ccc2c1.[NaH]. The molecule has 0 saturated heterocycles. The molecule has 0 fully saturated rings. The molecule has 0 unspecified atom stereocenters. The third-order valence-corrected chi connectivity index (χ3v) is 3.66. The van der Waals surface area contributed by atoms with Crippen molar-refractivity contribution in [1.82, 2.24) is 0 Å². The van der Waals surface area contributed by atoms with Gasteiger partial charge in [0.1, 0.15) is 12.4 Å². The second-order valence-electron chi connectivity index (χ2n) is 4.33. The normalized spacial score (nSPS) is 11.2. The van der Waals surface area contributed by atoms with Crippen LogP contribution in [0.4, 0.5) is 0 Å². The maximum absolute atomic E-state index is 11.1. The van der Waals surface area contributed by atoms with E-state index in [4.69, 9.17) is 19.1 Å². The van der Waals surface area contributed by atoms with E-state index in [9.17, 15) is 8.42 Å². The van der Waals surface area contributed by atoms with Gasteiger partial charge < -0.3 is 14.6 Å². The quantitative estimate of drug-likeness (QED) is 0.442. The molecule has 0 aromatic heterocycles. The summed E-state index contributed by atoms with van der Waals surface area (Å²) >= 11 is 0. The predicted octanol–water partition coefficient (Wildman–Crippen LogP) is 0.826. The summed E-state index contributed by atoms with van der Waals surface area (Å²) in [6, 6.07) is 9.55. The molecular weight excluding hydrogens is 319 g/mol. The van der Waals surface area contributed by atoms with Gasteiger partial charge in [-0.05, 0) is 35.0 Å². The van der Waals surface area contributed by atoms with E-state index >= 15 is 0 Å². The molecule has 22 heavy (non-hydrogen) atoms. The zero-order chi connectivity index (χ0) is 15.3. The van der Waals surface area contributed by atoms with Crippen LogP contribution in [0.15, 0.2) is 41.3 Å². The number of hydrogen-bond donors (Lipinski definition) is 2. The van der Waals surface area contributed by atoms with Gasteiger partial charge >= 0.3 is 29.6 Å².